The normalized spacial score (nSPS) is 14.5. The van der Waals surface area contributed by atoms with Gasteiger partial charge in [0.15, 0.2) is 0 Å². The highest BCUT2D eigenvalue weighted by Crippen LogP contribution is 2.21. The molecule has 0 spiro atoms. The number of hydrogen-bond donors (Lipinski definition) is 1. The molecule has 0 saturated heterocycles. The van der Waals surface area contributed by atoms with Crippen molar-refractivity contribution in [2.24, 2.45) is 0 Å². The highest BCUT2D eigenvalue weighted by atomic mass is 32.2. The van der Waals surface area contributed by atoms with Gasteiger partial charge in [0.1, 0.15) is 0 Å². The van der Waals surface area contributed by atoms with Crippen LogP contribution in [0.25, 0.3) is 0 Å². The van der Waals surface area contributed by atoms with Crippen molar-refractivity contribution in [2.45, 2.75) is 32.5 Å². The molecule has 1 N–H and O–H groups in total. The first-order valence-corrected chi connectivity index (χ1v) is 5.49. The topological polar surface area (TPSA) is 12.0 Å². The van der Waals surface area contributed by atoms with Crippen molar-refractivity contribution in [1.82, 2.24) is 5.32 Å². The molecule has 0 aromatic rings. The van der Waals surface area contributed by atoms with Gasteiger partial charge in [-0.25, -0.2) is 0 Å². The van der Waals surface area contributed by atoms with Crippen LogP contribution < -0.4 is 5.32 Å². The van der Waals surface area contributed by atoms with Gasteiger partial charge in [-0.2, -0.15) is 24.9 Å². The Kier molecular flexibility index (Phi) is 6.59. The fourth-order valence-electron chi connectivity index (χ4n) is 0.941. The van der Waals surface area contributed by atoms with E-state index in [0.29, 0.717) is 6.54 Å². The van der Waals surface area contributed by atoms with Gasteiger partial charge in [-0.3, -0.25) is 0 Å². The van der Waals surface area contributed by atoms with Crippen LogP contribution in [0.3, 0.4) is 0 Å². The van der Waals surface area contributed by atoms with E-state index in [9.17, 15) is 13.2 Å². The van der Waals surface area contributed by atoms with Crippen molar-refractivity contribution >= 4 is 11.8 Å². The van der Waals surface area contributed by atoms with Gasteiger partial charge in [-0.1, -0.05) is 6.92 Å². The third-order valence-electron chi connectivity index (χ3n) is 1.48. The van der Waals surface area contributed by atoms with E-state index in [1.807, 2.05) is 6.92 Å². The number of hydrogen-bond acceptors (Lipinski definition) is 2. The lowest BCUT2D eigenvalue weighted by Crippen LogP contribution is -2.32. The summed E-state index contributed by atoms with van der Waals surface area (Å²) in [7, 11) is 0. The van der Waals surface area contributed by atoms with Crippen LogP contribution in [0.2, 0.25) is 0 Å². The Labute approximate surface area is 81.5 Å². The zero-order chi connectivity index (χ0) is 10.3. The van der Waals surface area contributed by atoms with Gasteiger partial charge in [-0.05, 0) is 12.7 Å². The monoisotopic (exact) mass is 215 g/mol. The average molecular weight is 215 g/mol. The van der Waals surface area contributed by atoms with Crippen LogP contribution in [0.5, 0.6) is 0 Å². The summed E-state index contributed by atoms with van der Waals surface area (Å²) in [5.74, 6) is 1.88. The van der Waals surface area contributed by atoms with Crippen molar-refractivity contribution in [1.29, 1.82) is 0 Å². The summed E-state index contributed by atoms with van der Waals surface area (Å²) in [5.41, 5.74) is 0. The minimum Gasteiger partial charge on any atom is -0.313 e. The van der Waals surface area contributed by atoms with Crippen molar-refractivity contribution < 1.29 is 13.2 Å². The van der Waals surface area contributed by atoms with E-state index in [1.54, 1.807) is 18.7 Å². The third kappa shape index (κ3) is 10.0. The molecule has 0 aliphatic carbocycles. The second kappa shape index (κ2) is 6.54. The Balaban J connectivity index is 3.35. The van der Waals surface area contributed by atoms with E-state index < -0.39 is 18.6 Å². The number of alkyl halides is 3. The second-order valence-electron chi connectivity index (χ2n) is 2.87. The predicted octanol–water partition coefficient (Wildman–Crippen LogP) is 2.67. The molecule has 0 aliphatic rings. The Bertz CT molecular complexity index is 127. The summed E-state index contributed by atoms with van der Waals surface area (Å²) in [6, 6.07) is -0.475. The summed E-state index contributed by atoms with van der Waals surface area (Å²) in [6.45, 7) is 4.24. The Morgan fingerprint density at radius 2 is 2.00 bits per heavy atom. The summed E-state index contributed by atoms with van der Waals surface area (Å²) in [5, 5.41) is 2.83. The summed E-state index contributed by atoms with van der Waals surface area (Å²) >= 11 is 1.72. The molecule has 0 radical (unpaired) electrons. The molecule has 1 nitrogen and oxygen atoms in total. The molecule has 0 aromatic carbocycles. The van der Waals surface area contributed by atoms with Crippen LogP contribution in [-0.2, 0) is 0 Å². The third-order valence-corrected chi connectivity index (χ3v) is 2.38. The molecule has 13 heavy (non-hydrogen) atoms. The Morgan fingerprint density at radius 1 is 1.38 bits per heavy atom. The lowest BCUT2D eigenvalue weighted by Gasteiger charge is -2.15. The molecule has 0 amide bonds. The van der Waals surface area contributed by atoms with Crippen LogP contribution in [0.15, 0.2) is 0 Å². The first-order valence-electron chi connectivity index (χ1n) is 4.33. The summed E-state index contributed by atoms with van der Waals surface area (Å²) in [6.07, 6.45) is -4.80. The van der Waals surface area contributed by atoms with Gasteiger partial charge in [0, 0.05) is 18.3 Å². The maximum absolute atomic E-state index is 11.8. The lowest BCUT2D eigenvalue weighted by molar-refractivity contribution is -0.138. The Hall–Kier alpha value is 0.100. The summed E-state index contributed by atoms with van der Waals surface area (Å²) < 4.78 is 35.5. The molecule has 0 aromatic heterocycles. The number of halogens is 3. The summed E-state index contributed by atoms with van der Waals surface area (Å²) in [4.78, 5) is 0. The molecule has 80 valence electrons. The maximum atomic E-state index is 11.8. The van der Waals surface area contributed by atoms with Crippen molar-refractivity contribution in [2.75, 3.05) is 18.1 Å². The van der Waals surface area contributed by atoms with Crippen molar-refractivity contribution in [3.63, 3.8) is 0 Å². The number of nitrogens with one attached hydrogen (secondary N) is 1. The molecular weight excluding hydrogens is 199 g/mol. The van der Waals surface area contributed by atoms with Crippen LogP contribution in [0, 0.1) is 0 Å². The molecule has 5 heteroatoms. The van der Waals surface area contributed by atoms with E-state index in [4.69, 9.17) is 0 Å². The van der Waals surface area contributed by atoms with E-state index >= 15 is 0 Å². The minimum absolute atomic E-state index is 0.475. The number of rotatable bonds is 6. The standard InChI is InChI=1S/C8H16F3NS/c1-3-13-5-4-12-7(2)6-8(9,10)11/h7,12H,3-6H2,1-2H3. The van der Waals surface area contributed by atoms with Crippen molar-refractivity contribution in [3.8, 4) is 0 Å². The second-order valence-corrected chi connectivity index (χ2v) is 4.27. The zero-order valence-corrected chi connectivity index (χ0v) is 8.76. The molecule has 0 saturated carbocycles. The molecule has 1 atom stereocenters. The molecule has 0 rings (SSSR count). The van der Waals surface area contributed by atoms with E-state index in [2.05, 4.69) is 5.32 Å². The van der Waals surface area contributed by atoms with Gasteiger partial charge in [-0.15, -0.1) is 0 Å². The molecule has 0 bridgehead atoms. The van der Waals surface area contributed by atoms with Gasteiger partial charge in [0.05, 0.1) is 6.42 Å². The van der Waals surface area contributed by atoms with Gasteiger partial charge >= 0.3 is 6.18 Å². The van der Waals surface area contributed by atoms with Gasteiger partial charge in [0.2, 0.25) is 0 Å². The lowest BCUT2D eigenvalue weighted by atomic mass is 10.2. The fourth-order valence-corrected chi connectivity index (χ4v) is 1.49. The highest BCUT2D eigenvalue weighted by molar-refractivity contribution is 7.99. The fraction of sp³-hybridized carbons (Fsp3) is 1.00. The number of thioether (sulfide) groups is 1. The predicted molar refractivity (Wildman–Crippen MR) is 51.1 cm³/mol. The van der Waals surface area contributed by atoms with Crippen LogP contribution in [0.1, 0.15) is 20.3 Å². The quantitative estimate of drug-likeness (QED) is 0.684. The van der Waals surface area contributed by atoms with E-state index in [0.717, 1.165) is 11.5 Å². The maximum Gasteiger partial charge on any atom is 0.390 e. The smallest absolute Gasteiger partial charge is 0.313 e. The molecule has 0 heterocycles. The molecule has 0 fully saturated rings. The van der Waals surface area contributed by atoms with Crippen LogP contribution in [-0.4, -0.2) is 30.3 Å². The highest BCUT2D eigenvalue weighted by Gasteiger charge is 2.29. The minimum atomic E-state index is -4.05. The molecular formula is C8H16F3NS. The zero-order valence-electron chi connectivity index (χ0n) is 7.95. The average Bonchev–Trinajstić information content (AvgIpc) is 1.94. The van der Waals surface area contributed by atoms with Crippen LogP contribution in [0.4, 0.5) is 13.2 Å². The van der Waals surface area contributed by atoms with E-state index in [1.165, 1.54) is 0 Å². The van der Waals surface area contributed by atoms with Crippen LogP contribution >= 0.6 is 11.8 Å². The molecule has 0 aliphatic heterocycles. The van der Waals surface area contributed by atoms with Gasteiger partial charge in [0.25, 0.3) is 0 Å². The van der Waals surface area contributed by atoms with E-state index in [-0.39, 0.29) is 0 Å². The first-order chi connectivity index (χ1) is 5.95. The van der Waals surface area contributed by atoms with Crippen molar-refractivity contribution in [3.05, 3.63) is 0 Å². The largest absolute Gasteiger partial charge is 0.390 e. The molecule has 1 unspecified atom stereocenters. The first kappa shape index (κ1) is 13.1. The SMILES string of the molecule is CCSCCNC(C)CC(F)(F)F. The van der Waals surface area contributed by atoms with Gasteiger partial charge < -0.3 is 5.32 Å². The Morgan fingerprint density at radius 3 is 2.46 bits per heavy atom.